The predicted molar refractivity (Wildman–Crippen MR) is 85.0 cm³/mol. The maximum Gasteiger partial charge on any atom is 0.262 e. The number of nitriles is 1. The molecule has 1 aromatic heterocycles. The van der Waals surface area contributed by atoms with Gasteiger partial charge in [-0.2, -0.15) is 5.26 Å². The lowest BCUT2D eigenvalue weighted by Gasteiger charge is -2.08. The summed E-state index contributed by atoms with van der Waals surface area (Å²) in [4.78, 5) is 11.9. The van der Waals surface area contributed by atoms with E-state index in [1.165, 1.54) is 6.39 Å². The number of rotatable bonds is 5. The van der Waals surface area contributed by atoms with E-state index in [9.17, 15) is 4.79 Å². The second-order valence-electron chi connectivity index (χ2n) is 4.80. The number of benzene rings is 2. The molecule has 0 aliphatic heterocycles. The van der Waals surface area contributed by atoms with Crippen LogP contribution in [0.25, 0.3) is 11.5 Å². The molecule has 0 radical (unpaired) electrons. The second-order valence-corrected chi connectivity index (χ2v) is 4.80. The molecular weight excluding hydrogens is 308 g/mol. The quantitative estimate of drug-likeness (QED) is 0.775. The number of aromatic nitrogens is 2. The van der Waals surface area contributed by atoms with Crippen molar-refractivity contribution >= 4 is 11.6 Å². The minimum absolute atomic E-state index is 0.142. The van der Waals surface area contributed by atoms with Crippen LogP contribution in [0.15, 0.2) is 59.3 Å². The van der Waals surface area contributed by atoms with Crippen LogP contribution in [0.5, 0.6) is 5.75 Å². The summed E-state index contributed by atoms with van der Waals surface area (Å²) in [6.07, 6.45) is 1.26. The zero-order valence-corrected chi connectivity index (χ0v) is 12.5. The normalized spacial score (nSPS) is 9.96. The summed E-state index contributed by atoms with van der Waals surface area (Å²) in [7, 11) is 0. The molecule has 0 aliphatic rings. The summed E-state index contributed by atoms with van der Waals surface area (Å²) in [5.41, 5.74) is 1.79. The Morgan fingerprint density at radius 1 is 1.25 bits per heavy atom. The van der Waals surface area contributed by atoms with Crippen LogP contribution in [-0.4, -0.2) is 22.7 Å². The van der Waals surface area contributed by atoms with E-state index in [4.69, 9.17) is 14.4 Å². The summed E-state index contributed by atoms with van der Waals surface area (Å²) in [5.74, 6) is 0.641. The molecule has 118 valence electrons. The molecule has 0 saturated heterocycles. The summed E-state index contributed by atoms with van der Waals surface area (Å²) in [6, 6.07) is 15.6. The smallest absolute Gasteiger partial charge is 0.262 e. The van der Waals surface area contributed by atoms with E-state index in [-0.39, 0.29) is 12.5 Å². The van der Waals surface area contributed by atoms with Gasteiger partial charge in [0.2, 0.25) is 12.3 Å². The highest BCUT2D eigenvalue weighted by Gasteiger charge is 2.06. The molecule has 2 aromatic carbocycles. The third-order valence-corrected chi connectivity index (χ3v) is 3.11. The van der Waals surface area contributed by atoms with Crippen molar-refractivity contribution in [2.45, 2.75) is 0 Å². The Morgan fingerprint density at radius 2 is 2.08 bits per heavy atom. The number of amides is 1. The lowest BCUT2D eigenvalue weighted by molar-refractivity contribution is -0.118. The van der Waals surface area contributed by atoms with E-state index in [1.54, 1.807) is 48.5 Å². The number of hydrogen-bond donors (Lipinski definition) is 1. The number of carbonyl (C=O) groups is 1. The first kappa shape index (κ1) is 15.2. The van der Waals surface area contributed by atoms with Crippen LogP contribution in [0.2, 0.25) is 0 Å². The van der Waals surface area contributed by atoms with Gasteiger partial charge in [-0.15, -0.1) is 10.2 Å². The highest BCUT2D eigenvalue weighted by Crippen LogP contribution is 2.20. The summed E-state index contributed by atoms with van der Waals surface area (Å²) < 4.78 is 10.5. The molecule has 0 spiro atoms. The van der Waals surface area contributed by atoms with Crippen LogP contribution in [0.3, 0.4) is 0 Å². The first-order chi connectivity index (χ1) is 11.7. The Bertz CT molecular complexity index is 868. The molecular formula is C17H12N4O3. The topological polar surface area (TPSA) is 101 Å². The Balaban J connectivity index is 1.55. The van der Waals surface area contributed by atoms with Crippen molar-refractivity contribution in [3.05, 3.63) is 60.5 Å². The first-order valence-electron chi connectivity index (χ1n) is 7.04. The van der Waals surface area contributed by atoms with E-state index in [0.717, 1.165) is 5.56 Å². The third-order valence-electron chi connectivity index (χ3n) is 3.11. The molecule has 0 saturated carbocycles. The van der Waals surface area contributed by atoms with E-state index in [0.29, 0.717) is 22.9 Å². The maximum absolute atomic E-state index is 11.9. The molecule has 0 fully saturated rings. The monoisotopic (exact) mass is 320 g/mol. The second kappa shape index (κ2) is 7.07. The van der Waals surface area contributed by atoms with Gasteiger partial charge in [0.05, 0.1) is 11.6 Å². The van der Waals surface area contributed by atoms with Crippen LogP contribution < -0.4 is 10.1 Å². The standard InChI is InChI=1S/C17H12N4O3/c18-9-12-2-1-3-14(8-12)20-16(22)10-23-15-6-4-13(5-7-15)17-21-19-11-24-17/h1-8,11H,10H2,(H,20,22). The Kier molecular flexibility index (Phi) is 4.49. The van der Waals surface area contributed by atoms with Crippen molar-refractivity contribution in [1.29, 1.82) is 5.26 Å². The van der Waals surface area contributed by atoms with Gasteiger partial charge >= 0.3 is 0 Å². The van der Waals surface area contributed by atoms with Gasteiger partial charge in [0.1, 0.15) is 5.75 Å². The van der Waals surface area contributed by atoms with Crippen molar-refractivity contribution in [2.24, 2.45) is 0 Å². The SMILES string of the molecule is N#Cc1cccc(NC(=O)COc2ccc(-c3nnco3)cc2)c1. The highest BCUT2D eigenvalue weighted by molar-refractivity contribution is 5.92. The van der Waals surface area contributed by atoms with E-state index in [1.807, 2.05) is 6.07 Å². The average molecular weight is 320 g/mol. The first-order valence-corrected chi connectivity index (χ1v) is 7.04. The Labute approximate surface area is 137 Å². The highest BCUT2D eigenvalue weighted by atomic mass is 16.5. The van der Waals surface area contributed by atoms with E-state index < -0.39 is 0 Å². The Hall–Kier alpha value is -3.66. The molecule has 7 heteroatoms. The molecule has 0 atom stereocenters. The molecule has 7 nitrogen and oxygen atoms in total. The molecule has 1 heterocycles. The number of anilines is 1. The number of nitrogens with one attached hydrogen (secondary N) is 1. The van der Waals surface area contributed by atoms with Crippen LogP contribution in [-0.2, 0) is 4.79 Å². The zero-order chi connectivity index (χ0) is 16.8. The van der Waals surface area contributed by atoms with Crippen LogP contribution >= 0.6 is 0 Å². The molecule has 1 amide bonds. The summed E-state index contributed by atoms with van der Waals surface area (Å²) in [5, 5.41) is 18.9. The number of hydrogen-bond acceptors (Lipinski definition) is 6. The largest absolute Gasteiger partial charge is 0.484 e. The van der Waals surface area contributed by atoms with Gasteiger partial charge in [0.25, 0.3) is 5.91 Å². The average Bonchev–Trinajstić information content (AvgIpc) is 3.15. The minimum Gasteiger partial charge on any atom is -0.484 e. The van der Waals surface area contributed by atoms with Gasteiger partial charge in [-0.3, -0.25) is 4.79 Å². The van der Waals surface area contributed by atoms with Gasteiger partial charge in [0.15, 0.2) is 6.61 Å². The van der Waals surface area contributed by atoms with Gasteiger partial charge in [-0.1, -0.05) is 6.07 Å². The maximum atomic E-state index is 11.9. The molecule has 0 aliphatic carbocycles. The molecule has 0 bridgehead atoms. The minimum atomic E-state index is -0.314. The van der Waals surface area contributed by atoms with Crippen LogP contribution in [0, 0.1) is 11.3 Å². The number of ether oxygens (including phenoxy) is 1. The lowest BCUT2D eigenvalue weighted by atomic mass is 10.2. The fourth-order valence-corrected chi connectivity index (χ4v) is 2.01. The van der Waals surface area contributed by atoms with Crippen molar-refractivity contribution < 1.29 is 13.9 Å². The van der Waals surface area contributed by atoms with Crippen molar-refractivity contribution in [2.75, 3.05) is 11.9 Å². The van der Waals surface area contributed by atoms with E-state index in [2.05, 4.69) is 15.5 Å². The molecule has 1 N–H and O–H groups in total. The van der Waals surface area contributed by atoms with Crippen LogP contribution in [0.1, 0.15) is 5.56 Å². The van der Waals surface area contributed by atoms with Crippen molar-refractivity contribution in [1.82, 2.24) is 10.2 Å². The van der Waals surface area contributed by atoms with Crippen molar-refractivity contribution in [3.63, 3.8) is 0 Å². The Morgan fingerprint density at radius 3 is 2.79 bits per heavy atom. The molecule has 24 heavy (non-hydrogen) atoms. The number of carbonyl (C=O) groups excluding carboxylic acids is 1. The summed E-state index contributed by atoms with van der Waals surface area (Å²) in [6.45, 7) is -0.142. The predicted octanol–water partition coefficient (Wildman–Crippen LogP) is 2.63. The zero-order valence-electron chi connectivity index (χ0n) is 12.5. The van der Waals surface area contributed by atoms with Gasteiger partial charge in [0, 0.05) is 11.3 Å². The van der Waals surface area contributed by atoms with Crippen LogP contribution in [0.4, 0.5) is 5.69 Å². The molecule has 0 unspecified atom stereocenters. The molecule has 3 aromatic rings. The van der Waals surface area contributed by atoms with Gasteiger partial charge < -0.3 is 14.5 Å². The van der Waals surface area contributed by atoms with Crippen molar-refractivity contribution in [3.8, 4) is 23.3 Å². The third kappa shape index (κ3) is 3.75. The number of nitrogens with zero attached hydrogens (tertiary/aromatic N) is 3. The molecule has 3 rings (SSSR count). The fraction of sp³-hybridized carbons (Fsp3) is 0.0588. The lowest BCUT2D eigenvalue weighted by Crippen LogP contribution is -2.20. The van der Waals surface area contributed by atoms with E-state index >= 15 is 0 Å². The fourth-order valence-electron chi connectivity index (χ4n) is 2.01. The summed E-state index contributed by atoms with van der Waals surface area (Å²) >= 11 is 0. The van der Waals surface area contributed by atoms with Gasteiger partial charge in [-0.05, 0) is 42.5 Å². The van der Waals surface area contributed by atoms with Gasteiger partial charge in [-0.25, -0.2) is 0 Å².